The lowest BCUT2D eigenvalue weighted by atomic mass is 9.95. The second-order valence-electron chi connectivity index (χ2n) is 6.91. The van der Waals surface area contributed by atoms with Gasteiger partial charge in [0.05, 0.1) is 0 Å². The standard InChI is InChI=1S/C19H25N3O/c1-13-10-15(11-16(12-20)19(23)21-17-8-9-17)14(2)22(13)18-6-4-3-5-7-18/h10-11,17-18H,3-9H2,1-2H3,(H,21,23). The lowest BCUT2D eigenvalue weighted by Crippen LogP contribution is -2.26. The molecule has 2 fully saturated rings. The summed E-state index contributed by atoms with van der Waals surface area (Å²) >= 11 is 0. The normalized spacial score (nSPS) is 19.4. The molecule has 0 bridgehead atoms. The van der Waals surface area contributed by atoms with Crippen molar-refractivity contribution in [2.75, 3.05) is 0 Å². The number of carbonyl (C=O) groups excluding carboxylic acids is 1. The molecule has 2 aliphatic carbocycles. The third-order valence-electron chi connectivity index (χ3n) is 5.04. The van der Waals surface area contributed by atoms with Crippen molar-refractivity contribution in [3.05, 3.63) is 28.6 Å². The van der Waals surface area contributed by atoms with E-state index in [9.17, 15) is 10.1 Å². The quantitative estimate of drug-likeness (QED) is 0.679. The van der Waals surface area contributed by atoms with Crippen LogP contribution in [-0.4, -0.2) is 16.5 Å². The van der Waals surface area contributed by atoms with E-state index in [4.69, 9.17) is 0 Å². The Hall–Kier alpha value is -2.02. The topological polar surface area (TPSA) is 57.8 Å². The van der Waals surface area contributed by atoms with E-state index < -0.39 is 0 Å². The third kappa shape index (κ3) is 3.50. The number of amides is 1. The SMILES string of the molecule is Cc1cc(C=C(C#N)C(=O)NC2CC2)c(C)n1C1CCCCC1. The van der Waals surface area contributed by atoms with E-state index in [1.54, 1.807) is 6.08 Å². The van der Waals surface area contributed by atoms with E-state index in [1.165, 1.54) is 43.5 Å². The van der Waals surface area contributed by atoms with Crippen molar-refractivity contribution >= 4 is 12.0 Å². The van der Waals surface area contributed by atoms with Gasteiger partial charge < -0.3 is 9.88 Å². The Morgan fingerprint density at radius 2 is 1.96 bits per heavy atom. The van der Waals surface area contributed by atoms with Crippen molar-refractivity contribution in [2.24, 2.45) is 0 Å². The molecule has 1 aromatic heterocycles. The zero-order valence-corrected chi connectivity index (χ0v) is 14.1. The van der Waals surface area contributed by atoms with Crippen LogP contribution in [0.5, 0.6) is 0 Å². The number of hydrogen-bond acceptors (Lipinski definition) is 2. The Morgan fingerprint density at radius 3 is 2.57 bits per heavy atom. The summed E-state index contributed by atoms with van der Waals surface area (Å²) in [5, 5.41) is 12.2. The first-order chi connectivity index (χ1) is 11.1. The van der Waals surface area contributed by atoms with Gasteiger partial charge in [-0.3, -0.25) is 4.79 Å². The molecule has 3 rings (SSSR count). The molecule has 2 saturated carbocycles. The first-order valence-corrected chi connectivity index (χ1v) is 8.71. The highest BCUT2D eigenvalue weighted by Crippen LogP contribution is 2.32. The molecule has 23 heavy (non-hydrogen) atoms. The Balaban J connectivity index is 1.85. The van der Waals surface area contributed by atoms with E-state index in [0.29, 0.717) is 6.04 Å². The fourth-order valence-electron chi connectivity index (χ4n) is 3.64. The van der Waals surface area contributed by atoms with E-state index in [2.05, 4.69) is 35.9 Å². The summed E-state index contributed by atoms with van der Waals surface area (Å²) < 4.78 is 2.40. The van der Waals surface area contributed by atoms with Gasteiger partial charge in [0.25, 0.3) is 5.91 Å². The van der Waals surface area contributed by atoms with Gasteiger partial charge in [-0.1, -0.05) is 19.3 Å². The van der Waals surface area contributed by atoms with Crippen molar-refractivity contribution in [1.82, 2.24) is 9.88 Å². The highest BCUT2D eigenvalue weighted by Gasteiger charge is 2.25. The van der Waals surface area contributed by atoms with Crippen LogP contribution in [0, 0.1) is 25.2 Å². The Kier molecular flexibility index (Phi) is 4.56. The predicted octanol–water partition coefficient (Wildman–Crippen LogP) is 3.80. The van der Waals surface area contributed by atoms with Crippen LogP contribution in [-0.2, 0) is 4.79 Å². The number of aryl methyl sites for hydroxylation is 1. The van der Waals surface area contributed by atoms with Gasteiger partial charge in [0, 0.05) is 23.5 Å². The number of nitrogens with one attached hydrogen (secondary N) is 1. The second kappa shape index (κ2) is 6.62. The minimum atomic E-state index is -0.238. The molecular formula is C19H25N3O. The van der Waals surface area contributed by atoms with E-state index in [0.717, 1.165) is 18.4 Å². The molecule has 1 N–H and O–H groups in total. The maximum absolute atomic E-state index is 12.1. The van der Waals surface area contributed by atoms with Crippen LogP contribution in [0.3, 0.4) is 0 Å². The highest BCUT2D eigenvalue weighted by atomic mass is 16.1. The Bertz CT molecular complexity index is 668. The zero-order valence-electron chi connectivity index (χ0n) is 14.1. The Morgan fingerprint density at radius 1 is 1.26 bits per heavy atom. The highest BCUT2D eigenvalue weighted by molar-refractivity contribution is 6.02. The number of rotatable bonds is 4. The summed E-state index contributed by atoms with van der Waals surface area (Å²) in [4.78, 5) is 12.1. The van der Waals surface area contributed by atoms with Crippen LogP contribution < -0.4 is 5.32 Å². The van der Waals surface area contributed by atoms with Gasteiger partial charge in [-0.15, -0.1) is 0 Å². The van der Waals surface area contributed by atoms with Crippen LogP contribution in [0.25, 0.3) is 6.08 Å². The van der Waals surface area contributed by atoms with E-state index >= 15 is 0 Å². The Labute approximate surface area is 138 Å². The molecule has 1 amide bonds. The summed E-state index contributed by atoms with van der Waals surface area (Å²) in [5.41, 5.74) is 3.60. The van der Waals surface area contributed by atoms with Gasteiger partial charge in [-0.25, -0.2) is 0 Å². The molecule has 0 spiro atoms. The molecule has 4 nitrogen and oxygen atoms in total. The number of hydrogen-bond donors (Lipinski definition) is 1. The van der Waals surface area contributed by atoms with Crippen LogP contribution in [0.2, 0.25) is 0 Å². The predicted molar refractivity (Wildman–Crippen MR) is 90.8 cm³/mol. The molecule has 0 unspecified atom stereocenters. The average molecular weight is 311 g/mol. The van der Waals surface area contributed by atoms with Crippen LogP contribution in [0.15, 0.2) is 11.6 Å². The molecule has 4 heteroatoms. The molecule has 0 saturated heterocycles. The van der Waals surface area contributed by atoms with Gasteiger partial charge >= 0.3 is 0 Å². The fraction of sp³-hybridized carbons (Fsp3) is 0.579. The zero-order chi connectivity index (χ0) is 16.4. The maximum atomic E-state index is 12.1. The molecule has 0 aromatic carbocycles. The van der Waals surface area contributed by atoms with Gasteiger partial charge in [0.1, 0.15) is 11.6 Å². The molecule has 1 heterocycles. The summed E-state index contributed by atoms with van der Waals surface area (Å²) in [6, 6.07) is 5.00. The summed E-state index contributed by atoms with van der Waals surface area (Å²) in [6.45, 7) is 4.22. The van der Waals surface area contributed by atoms with Crippen LogP contribution in [0.1, 0.15) is 67.9 Å². The van der Waals surface area contributed by atoms with Crippen molar-refractivity contribution in [3.8, 4) is 6.07 Å². The van der Waals surface area contributed by atoms with Crippen molar-refractivity contribution in [1.29, 1.82) is 5.26 Å². The monoisotopic (exact) mass is 311 g/mol. The molecular weight excluding hydrogens is 286 g/mol. The van der Waals surface area contributed by atoms with Gasteiger partial charge in [0.2, 0.25) is 0 Å². The maximum Gasteiger partial charge on any atom is 0.262 e. The fourth-order valence-corrected chi connectivity index (χ4v) is 3.64. The molecule has 0 atom stereocenters. The molecule has 1 aromatic rings. The molecule has 122 valence electrons. The second-order valence-corrected chi connectivity index (χ2v) is 6.91. The summed E-state index contributed by atoms with van der Waals surface area (Å²) in [6.07, 6.45) is 10.2. The summed E-state index contributed by atoms with van der Waals surface area (Å²) in [5.74, 6) is -0.238. The van der Waals surface area contributed by atoms with Gasteiger partial charge in [-0.05, 0) is 57.2 Å². The number of carbonyl (C=O) groups is 1. The minimum absolute atomic E-state index is 0.209. The average Bonchev–Trinajstić information content (AvgIpc) is 3.31. The van der Waals surface area contributed by atoms with Gasteiger partial charge in [0.15, 0.2) is 0 Å². The molecule has 0 radical (unpaired) electrons. The first kappa shape index (κ1) is 15.9. The largest absolute Gasteiger partial charge is 0.349 e. The third-order valence-corrected chi connectivity index (χ3v) is 5.04. The molecule has 2 aliphatic rings. The lowest BCUT2D eigenvalue weighted by molar-refractivity contribution is -0.117. The van der Waals surface area contributed by atoms with Crippen LogP contribution in [0.4, 0.5) is 0 Å². The van der Waals surface area contributed by atoms with Crippen molar-refractivity contribution < 1.29 is 4.79 Å². The van der Waals surface area contributed by atoms with Crippen molar-refractivity contribution in [3.63, 3.8) is 0 Å². The van der Waals surface area contributed by atoms with Crippen LogP contribution >= 0.6 is 0 Å². The smallest absolute Gasteiger partial charge is 0.262 e. The lowest BCUT2D eigenvalue weighted by Gasteiger charge is -2.26. The minimum Gasteiger partial charge on any atom is -0.349 e. The number of nitriles is 1. The summed E-state index contributed by atoms with van der Waals surface area (Å²) in [7, 11) is 0. The number of nitrogens with zero attached hydrogens (tertiary/aromatic N) is 2. The molecule has 0 aliphatic heterocycles. The van der Waals surface area contributed by atoms with E-state index in [-0.39, 0.29) is 17.5 Å². The van der Waals surface area contributed by atoms with Gasteiger partial charge in [-0.2, -0.15) is 5.26 Å². The first-order valence-electron chi connectivity index (χ1n) is 8.71. The number of aromatic nitrogens is 1. The van der Waals surface area contributed by atoms with Crippen molar-refractivity contribution in [2.45, 2.75) is 70.9 Å². The van der Waals surface area contributed by atoms with E-state index in [1.807, 2.05) is 0 Å².